The Labute approximate surface area is 98.7 Å². The maximum absolute atomic E-state index is 11.0. The number of carbonyl (C=O) groups is 1. The SMILES string of the molecule is CC(=O)C(Cl)c1cccc(Br)c1Br. The molecule has 0 fully saturated rings. The number of carbonyl (C=O) groups excluding carboxylic acids is 1. The summed E-state index contributed by atoms with van der Waals surface area (Å²) in [5.41, 5.74) is 0.795. The van der Waals surface area contributed by atoms with Gasteiger partial charge in [-0.15, -0.1) is 11.6 Å². The molecule has 0 amide bonds. The molecule has 4 heteroatoms. The molecule has 1 aromatic rings. The molecule has 1 nitrogen and oxygen atoms in total. The van der Waals surface area contributed by atoms with Crippen LogP contribution in [0.2, 0.25) is 0 Å². The van der Waals surface area contributed by atoms with Crippen LogP contribution in [0.4, 0.5) is 0 Å². The molecule has 13 heavy (non-hydrogen) atoms. The van der Waals surface area contributed by atoms with Crippen LogP contribution in [-0.4, -0.2) is 5.78 Å². The van der Waals surface area contributed by atoms with Gasteiger partial charge in [0.15, 0.2) is 5.78 Å². The molecule has 0 saturated carbocycles. The standard InChI is InChI=1S/C9H7Br2ClO/c1-5(13)9(12)6-3-2-4-7(10)8(6)11/h2-4,9H,1H3. The number of halogens is 3. The van der Waals surface area contributed by atoms with Gasteiger partial charge in [-0.2, -0.15) is 0 Å². The van der Waals surface area contributed by atoms with Gasteiger partial charge in [-0.05, 0) is 50.4 Å². The summed E-state index contributed by atoms with van der Waals surface area (Å²) in [6.45, 7) is 1.48. The molecule has 0 N–H and O–H groups in total. The monoisotopic (exact) mass is 324 g/mol. The normalized spacial score (nSPS) is 12.6. The van der Waals surface area contributed by atoms with Crippen molar-refractivity contribution in [2.45, 2.75) is 12.3 Å². The molecule has 0 heterocycles. The molecule has 0 aliphatic rings. The third kappa shape index (κ3) is 2.55. The van der Waals surface area contributed by atoms with E-state index >= 15 is 0 Å². The Balaban J connectivity index is 3.15. The Bertz CT molecular complexity index is 338. The lowest BCUT2D eigenvalue weighted by molar-refractivity contribution is -0.116. The smallest absolute Gasteiger partial charge is 0.152 e. The van der Waals surface area contributed by atoms with Crippen LogP contribution in [0.15, 0.2) is 27.1 Å². The first-order chi connectivity index (χ1) is 6.04. The Morgan fingerprint density at radius 3 is 2.62 bits per heavy atom. The van der Waals surface area contributed by atoms with Gasteiger partial charge < -0.3 is 0 Å². The van der Waals surface area contributed by atoms with Crippen molar-refractivity contribution in [3.05, 3.63) is 32.7 Å². The summed E-state index contributed by atoms with van der Waals surface area (Å²) in [6, 6.07) is 5.56. The number of hydrogen-bond donors (Lipinski definition) is 0. The molecule has 0 aliphatic heterocycles. The molecule has 1 unspecified atom stereocenters. The second kappa shape index (κ2) is 4.58. The Morgan fingerprint density at radius 2 is 2.08 bits per heavy atom. The summed E-state index contributed by atoms with van der Waals surface area (Å²) < 4.78 is 1.74. The van der Waals surface area contributed by atoms with Gasteiger partial charge in [0.2, 0.25) is 0 Å². The first-order valence-corrected chi connectivity index (χ1v) is 5.64. The molecule has 0 spiro atoms. The summed E-state index contributed by atoms with van der Waals surface area (Å²) in [7, 11) is 0. The fraction of sp³-hybridized carbons (Fsp3) is 0.222. The van der Waals surface area contributed by atoms with E-state index in [1.807, 2.05) is 18.2 Å². The minimum absolute atomic E-state index is 0.0551. The first kappa shape index (κ1) is 11.2. The summed E-state index contributed by atoms with van der Waals surface area (Å²) in [5, 5.41) is -0.577. The Morgan fingerprint density at radius 1 is 1.46 bits per heavy atom. The molecular formula is C9H7Br2ClO. The van der Waals surface area contributed by atoms with Gasteiger partial charge in [0, 0.05) is 8.95 Å². The van der Waals surface area contributed by atoms with Gasteiger partial charge in [-0.3, -0.25) is 4.79 Å². The molecule has 0 aromatic heterocycles. The number of rotatable bonds is 2. The average molecular weight is 326 g/mol. The van der Waals surface area contributed by atoms with Gasteiger partial charge in [0.1, 0.15) is 5.38 Å². The Hall–Kier alpha value is 0.140. The van der Waals surface area contributed by atoms with Crippen molar-refractivity contribution in [2.24, 2.45) is 0 Å². The molecule has 0 bridgehead atoms. The van der Waals surface area contributed by atoms with Crippen molar-refractivity contribution in [2.75, 3.05) is 0 Å². The highest BCUT2D eigenvalue weighted by molar-refractivity contribution is 9.13. The Kier molecular flexibility index (Phi) is 3.95. The van der Waals surface area contributed by atoms with Crippen LogP contribution in [0.25, 0.3) is 0 Å². The van der Waals surface area contributed by atoms with E-state index < -0.39 is 5.38 Å². The molecule has 1 aromatic carbocycles. The van der Waals surface area contributed by atoms with Gasteiger partial charge in [-0.25, -0.2) is 0 Å². The number of hydrogen-bond acceptors (Lipinski definition) is 1. The zero-order valence-electron chi connectivity index (χ0n) is 6.85. The highest BCUT2D eigenvalue weighted by Crippen LogP contribution is 2.33. The van der Waals surface area contributed by atoms with Crippen LogP contribution in [0.5, 0.6) is 0 Å². The van der Waals surface area contributed by atoms with Crippen LogP contribution in [0.3, 0.4) is 0 Å². The number of benzene rings is 1. The van der Waals surface area contributed by atoms with E-state index in [1.54, 1.807) is 0 Å². The fourth-order valence-electron chi connectivity index (χ4n) is 0.935. The highest BCUT2D eigenvalue weighted by atomic mass is 79.9. The lowest BCUT2D eigenvalue weighted by atomic mass is 10.1. The van der Waals surface area contributed by atoms with E-state index in [1.165, 1.54) is 6.92 Å². The third-order valence-electron chi connectivity index (χ3n) is 1.61. The second-order valence-electron chi connectivity index (χ2n) is 2.62. The predicted octanol–water partition coefficient (Wildman–Crippen LogP) is 4.08. The molecule has 0 aliphatic carbocycles. The van der Waals surface area contributed by atoms with E-state index in [4.69, 9.17) is 11.6 Å². The van der Waals surface area contributed by atoms with Crippen LogP contribution >= 0.6 is 43.5 Å². The van der Waals surface area contributed by atoms with Crippen LogP contribution in [-0.2, 0) is 4.79 Å². The summed E-state index contributed by atoms with van der Waals surface area (Å²) in [5.74, 6) is -0.0551. The minimum Gasteiger partial charge on any atom is -0.298 e. The molecular weight excluding hydrogens is 319 g/mol. The van der Waals surface area contributed by atoms with Crippen LogP contribution < -0.4 is 0 Å². The van der Waals surface area contributed by atoms with Crippen LogP contribution in [0, 0.1) is 0 Å². The molecule has 0 saturated heterocycles. The van der Waals surface area contributed by atoms with Crippen molar-refractivity contribution < 1.29 is 4.79 Å². The molecule has 70 valence electrons. The van der Waals surface area contributed by atoms with Crippen molar-refractivity contribution in [3.63, 3.8) is 0 Å². The van der Waals surface area contributed by atoms with E-state index in [0.29, 0.717) is 0 Å². The highest BCUT2D eigenvalue weighted by Gasteiger charge is 2.16. The van der Waals surface area contributed by atoms with Crippen molar-refractivity contribution in [1.82, 2.24) is 0 Å². The van der Waals surface area contributed by atoms with E-state index in [0.717, 1.165) is 14.5 Å². The third-order valence-corrected chi connectivity index (χ3v) is 4.23. The summed E-state index contributed by atoms with van der Waals surface area (Å²) in [4.78, 5) is 11.0. The van der Waals surface area contributed by atoms with Crippen molar-refractivity contribution >= 4 is 49.2 Å². The molecule has 1 atom stereocenters. The van der Waals surface area contributed by atoms with E-state index in [9.17, 15) is 4.79 Å². The zero-order chi connectivity index (χ0) is 10.0. The maximum atomic E-state index is 11.0. The molecule has 1 rings (SSSR count). The average Bonchev–Trinajstić information content (AvgIpc) is 2.08. The minimum atomic E-state index is -0.577. The number of Topliss-reactive ketones (excluding diaryl/α,β-unsaturated/α-hetero) is 1. The maximum Gasteiger partial charge on any atom is 0.152 e. The summed E-state index contributed by atoms with van der Waals surface area (Å²) >= 11 is 12.6. The fourth-order valence-corrected chi connectivity index (χ4v) is 2.12. The van der Waals surface area contributed by atoms with Gasteiger partial charge in [-0.1, -0.05) is 12.1 Å². The van der Waals surface area contributed by atoms with Crippen molar-refractivity contribution in [1.29, 1.82) is 0 Å². The van der Waals surface area contributed by atoms with E-state index in [-0.39, 0.29) is 5.78 Å². The largest absolute Gasteiger partial charge is 0.298 e. The van der Waals surface area contributed by atoms with Gasteiger partial charge in [0.25, 0.3) is 0 Å². The quantitative estimate of drug-likeness (QED) is 0.749. The predicted molar refractivity (Wildman–Crippen MR) is 61.1 cm³/mol. The van der Waals surface area contributed by atoms with Crippen molar-refractivity contribution in [3.8, 4) is 0 Å². The van der Waals surface area contributed by atoms with E-state index in [2.05, 4.69) is 31.9 Å². The van der Waals surface area contributed by atoms with Gasteiger partial charge in [0.05, 0.1) is 0 Å². The second-order valence-corrected chi connectivity index (χ2v) is 4.70. The first-order valence-electron chi connectivity index (χ1n) is 3.62. The number of alkyl halides is 1. The lowest BCUT2D eigenvalue weighted by Crippen LogP contribution is -2.02. The lowest BCUT2D eigenvalue weighted by Gasteiger charge is -2.09. The zero-order valence-corrected chi connectivity index (χ0v) is 10.8. The summed E-state index contributed by atoms with van der Waals surface area (Å²) in [6.07, 6.45) is 0. The topological polar surface area (TPSA) is 17.1 Å². The molecule has 0 radical (unpaired) electrons. The van der Waals surface area contributed by atoms with Gasteiger partial charge >= 0.3 is 0 Å². The van der Waals surface area contributed by atoms with Crippen LogP contribution in [0.1, 0.15) is 17.9 Å². The number of ketones is 1.